The van der Waals surface area contributed by atoms with Crippen molar-refractivity contribution in [1.29, 1.82) is 0 Å². The minimum atomic E-state index is -0.124. The molecule has 0 heterocycles. The fourth-order valence-corrected chi connectivity index (χ4v) is 4.52. The Kier molecular flexibility index (Phi) is 40.4. The number of hydrogen-bond acceptors (Lipinski definition) is 10. The first-order valence-electron chi connectivity index (χ1n) is 18.2. The van der Waals surface area contributed by atoms with Crippen molar-refractivity contribution >= 4 is 5.97 Å². The fourth-order valence-electron chi connectivity index (χ4n) is 4.52. The number of carbonyl (C=O) groups is 1. The molecular weight excluding hydrogens is 578 g/mol. The van der Waals surface area contributed by atoms with Gasteiger partial charge in [-0.05, 0) is 13.5 Å². The van der Waals surface area contributed by atoms with E-state index in [2.05, 4.69) is 12.2 Å². The monoisotopic (exact) mass is 650 g/mol. The van der Waals surface area contributed by atoms with E-state index < -0.39 is 0 Å². The molecule has 0 aromatic carbocycles. The lowest BCUT2D eigenvalue weighted by Crippen LogP contribution is -2.17. The third kappa shape index (κ3) is 41.1. The summed E-state index contributed by atoms with van der Waals surface area (Å²) in [5.41, 5.74) is 0. The highest BCUT2D eigenvalue weighted by Crippen LogP contribution is 2.13. The highest BCUT2D eigenvalue weighted by atomic mass is 16.6. The molecule has 0 saturated carbocycles. The Balaban J connectivity index is 3.13. The van der Waals surface area contributed by atoms with Crippen molar-refractivity contribution in [3.05, 3.63) is 0 Å². The molecule has 0 aromatic heterocycles. The number of ether oxygens (including phenoxy) is 8. The Morgan fingerprint density at radius 2 is 0.689 bits per heavy atom. The summed E-state index contributed by atoms with van der Waals surface area (Å²) in [4.78, 5) is 11.9. The van der Waals surface area contributed by atoms with Crippen LogP contribution in [0.3, 0.4) is 0 Å². The molecule has 0 bridgehead atoms. The molecule has 0 unspecified atom stereocenters. The first-order chi connectivity index (χ1) is 22.3. The molecule has 0 aliphatic heterocycles. The molecule has 0 rings (SSSR count). The van der Waals surface area contributed by atoms with Gasteiger partial charge in [0.15, 0.2) is 0 Å². The zero-order valence-corrected chi connectivity index (χ0v) is 29.3. The van der Waals surface area contributed by atoms with Crippen molar-refractivity contribution in [2.24, 2.45) is 0 Å². The first-order valence-corrected chi connectivity index (χ1v) is 18.2. The molecule has 45 heavy (non-hydrogen) atoms. The van der Waals surface area contributed by atoms with Gasteiger partial charge in [0.2, 0.25) is 0 Å². The molecule has 0 atom stereocenters. The van der Waals surface area contributed by atoms with Crippen molar-refractivity contribution in [2.75, 3.05) is 113 Å². The Hall–Kier alpha value is -0.850. The maximum Gasteiger partial charge on any atom is 0.305 e. The molecule has 270 valence electrons. The number of nitrogens with one attached hydrogen (secondary N) is 1. The number of esters is 1. The number of rotatable bonds is 40. The third-order valence-electron chi connectivity index (χ3n) is 7.20. The SMILES string of the molecule is CCCCCCCCCCCCCCCCCC(=O)OCCOCCOCCOCCOCCOCCOCCOCCNC. The molecule has 0 fully saturated rings. The summed E-state index contributed by atoms with van der Waals surface area (Å²) >= 11 is 0. The summed E-state index contributed by atoms with van der Waals surface area (Å²) in [7, 11) is 1.90. The standard InChI is InChI=1S/C35H71NO9/c1-3-4-5-6-7-8-9-10-11-12-13-14-15-16-17-18-35(37)45-34-33-44-32-31-43-30-29-42-28-27-41-26-25-40-24-23-39-22-21-38-20-19-36-2/h36H,3-34H2,1-2H3. The molecule has 0 aliphatic rings. The van der Waals surface area contributed by atoms with Crippen LogP contribution in [0.4, 0.5) is 0 Å². The first kappa shape index (κ1) is 44.1. The van der Waals surface area contributed by atoms with Crippen LogP contribution in [0.1, 0.15) is 110 Å². The third-order valence-corrected chi connectivity index (χ3v) is 7.20. The molecule has 10 nitrogen and oxygen atoms in total. The topological polar surface area (TPSA) is 103 Å². The fraction of sp³-hybridized carbons (Fsp3) is 0.971. The van der Waals surface area contributed by atoms with E-state index in [0.717, 1.165) is 19.4 Å². The molecule has 1 N–H and O–H groups in total. The number of carbonyl (C=O) groups excluding carboxylic acids is 1. The van der Waals surface area contributed by atoms with Gasteiger partial charge in [0.25, 0.3) is 0 Å². The van der Waals surface area contributed by atoms with Gasteiger partial charge in [0.05, 0.1) is 92.5 Å². The van der Waals surface area contributed by atoms with Crippen LogP contribution in [0.25, 0.3) is 0 Å². The van der Waals surface area contributed by atoms with E-state index in [4.69, 9.17) is 37.9 Å². The average molecular weight is 650 g/mol. The lowest BCUT2D eigenvalue weighted by atomic mass is 10.0. The molecule has 0 saturated heterocycles. The largest absolute Gasteiger partial charge is 0.463 e. The summed E-state index contributed by atoms with van der Waals surface area (Å²) in [6.07, 6.45) is 20.3. The van der Waals surface area contributed by atoms with E-state index in [0.29, 0.717) is 106 Å². The van der Waals surface area contributed by atoms with Crippen LogP contribution >= 0.6 is 0 Å². The van der Waals surface area contributed by atoms with Gasteiger partial charge in [-0.15, -0.1) is 0 Å². The normalized spacial score (nSPS) is 11.4. The van der Waals surface area contributed by atoms with E-state index in [1.54, 1.807) is 0 Å². The lowest BCUT2D eigenvalue weighted by molar-refractivity contribution is -0.145. The van der Waals surface area contributed by atoms with Crippen molar-refractivity contribution in [3.63, 3.8) is 0 Å². The maximum absolute atomic E-state index is 11.9. The van der Waals surface area contributed by atoms with Crippen LogP contribution in [0, 0.1) is 0 Å². The van der Waals surface area contributed by atoms with Crippen LogP contribution in [-0.4, -0.2) is 119 Å². The minimum Gasteiger partial charge on any atom is -0.463 e. The summed E-state index contributed by atoms with van der Waals surface area (Å²) in [6, 6.07) is 0. The van der Waals surface area contributed by atoms with Gasteiger partial charge in [0, 0.05) is 13.0 Å². The van der Waals surface area contributed by atoms with Crippen molar-refractivity contribution in [3.8, 4) is 0 Å². The zero-order valence-electron chi connectivity index (χ0n) is 29.3. The Morgan fingerprint density at radius 1 is 0.400 bits per heavy atom. The highest BCUT2D eigenvalue weighted by molar-refractivity contribution is 5.69. The Bertz CT molecular complexity index is 557. The van der Waals surface area contributed by atoms with Gasteiger partial charge >= 0.3 is 5.97 Å². The summed E-state index contributed by atoms with van der Waals surface area (Å²) < 4.78 is 43.4. The summed E-state index contributed by atoms with van der Waals surface area (Å²) in [6.45, 7) is 10.8. The van der Waals surface area contributed by atoms with E-state index in [-0.39, 0.29) is 5.97 Å². The zero-order chi connectivity index (χ0) is 32.6. The molecular formula is C35H71NO9. The minimum absolute atomic E-state index is 0.124. The second-order valence-corrected chi connectivity index (χ2v) is 11.3. The van der Waals surface area contributed by atoms with E-state index in [1.165, 1.54) is 83.5 Å². The Labute approximate surface area is 276 Å². The molecule has 0 aliphatic carbocycles. The van der Waals surface area contributed by atoms with Crippen LogP contribution in [-0.2, 0) is 42.7 Å². The highest BCUT2D eigenvalue weighted by Gasteiger charge is 2.03. The molecule has 0 aromatic rings. The van der Waals surface area contributed by atoms with Gasteiger partial charge in [-0.2, -0.15) is 0 Å². The molecule has 0 radical (unpaired) electrons. The van der Waals surface area contributed by atoms with Crippen LogP contribution < -0.4 is 5.32 Å². The smallest absolute Gasteiger partial charge is 0.305 e. The predicted octanol–water partition coefficient (Wildman–Crippen LogP) is 6.13. The second kappa shape index (κ2) is 41.2. The summed E-state index contributed by atoms with van der Waals surface area (Å²) in [5.74, 6) is -0.124. The molecule has 0 amide bonds. The van der Waals surface area contributed by atoms with Crippen molar-refractivity contribution in [1.82, 2.24) is 5.32 Å². The quantitative estimate of drug-likeness (QED) is 0.0616. The van der Waals surface area contributed by atoms with Crippen LogP contribution in [0.15, 0.2) is 0 Å². The van der Waals surface area contributed by atoms with Gasteiger partial charge in [0.1, 0.15) is 6.61 Å². The second-order valence-electron chi connectivity index (χ2n) is 11.3. The van der Waals surface area contributed by atoms with Gasteiger partial charge in [-0.25, -0.2) is 0 Å². The van der Waals surface area contributed by atoms with Crippen LogP contribution in [0.2, 0.25) is 0 Å². The number of unbranched alkanes of at least 4 members (excludes halogenated alkanes) is 14. The van der Waals surface area contributed by atoms with Crippen LogP contribution in [0.5, 0.6) is 0 Å². The van der Waals surface area contributed by atoms with E-state index in [9.17, 15) is 4.79 Å². The molecule has 0 spiro atoms. The summed E-state index contributed by atoms with van der Waals surface area (Å²) in [5, 5.41) is 3.02. The predicted molar refractivity (Wildman–Crippen MR) is 180 cm³/mol. The average Bonchev–Trinajstić information content (AvgIpc) is 3.05. The Morgan fingerprint density at radius 3 is 1.02 bits per heavy atom. The van der Waals surface area contributed by atoms with Crippen molar-refractivity contribution < 1.29 is 42.7 Å². The number of likely N-dealkylation sites (N-methyl/N-ethyl adjacent to an activating group) is 1. The van der Waals surface area contributed by atoms with Gasteiger partial charge in [-0.1, -0.05) is 96.8 Å². The molecule has 10 heteroatoms. The lowest BCUT2D eigenvalue weighted by Gasteiger charge is -2.09. The maximum atomic E-state index is 11.9. The van der Waals surface area contributed by atoms with Crippen molar-refractivity contribution in [2.45, 2.75) is 110 Å². The van der Waals surface area contributed by atoms with E-state index >= 15 is 0 Å². The number of hydrogen-bond donors (Lipinski definition) is 1. The van der Waals surface area contributed by atoms with Gasteiger partial charge < -0.3 is 43.2 Å². The van der Waals surface area contributed by atoms with E-state index in [1.807, 2.05) is 7.05 Å². The van der Waals surface area contributed by atoms with Gasteiger partial charge in [-0.3, -0.25) is 4.79 Å².